The maximum atomic E-state index is 13.1. The van der Waals surface area contributed by atoms with Crippen LogP contribution in [-0.2, 0) is 0 Å². The maximum Gasteiger partial charge on any atom is 0.262 e. The van der Waals surface area contributed by atoms with Crippen LogP contribution in [0.15, 0.2) is 18.2 Å². The number of hydrogen-bond acceptors (Lipinski definition) is 1. The molecular formula is C11H9F3N2. The SMILES string of the molecule is [C-]#[N+]c1cc(F)cc(C2CC(F)(F)CN2)c1. The molecule has 0 saturated carbocycles. The van der Waals surface area contributed by atoms with E-state index < -0.39 is 24.3 Å². The highest BCUT2D eigenvalue weighted by molar-refractivity contribution is 5.48. The molecule has 1 aliphatic rings. The number of nitrogens with zero attached hydrogens (tertiary/aromatic N) is 1. The van der Waals surface area contributed by atoms with Crippen molar-refractivity contribution in [3.8, 4) is 0 Å². The Labute approximate surface area is 90.9 Å². The van der Waals surface area contributed by atoms with Gasteiger partial charge in [-0.15, -0.1) is 0 Å². The summed E-state index contributed by atoms with van der Waals surface area (Å²) >= 11 is 0. The molecular weight excluding hydrogens is 217 g/mol. The molecule has 1 fully saturated rings. The van der Waals surface area contributed by atoms with Gasteiger partial charge in [-0.3, -0.25) is 0 Å². The van der Waals surface area contributed by atoms with E-state index in [1.54, 1.807) is 0 Å². The van der Waals surface area contributed by atoms with E-state index in [0.29, 0.717) is 5.56 Å². The smallest absolute Gasteiger partial charge is 0.262 e. The third-order valence-electron chi connectivity index (χ3n) is 2.55. The number of alkyl halides is 2. The summed E-state index contributed by atoms with van der Waals surface area (Å²) in [6.07, 6.45) is -0.353. The van der Waals surface area contributed by atoms with Crippen LogP contribution >= 0.6 is 0 Å². The minimum atomic E-state index is -2.75. The molecule has 5 heteroatoms. The molecule has 2 nitrogen and oxygen atoms in total. The van der Waals surface area contributed by atoms with Crippen LogP contribution in [-0.4, -0.2) is 12.5 Å². The Kier molecular flexibility index (Phi) is 2.60. The van der Waals surface area contributed by atoms with Gasteiger partial charge >= 0.3 is 0 Å². The molecule has 2 rings (SSSR count). The van der Waals surface area contributed by atoms with Gasteiger partial charge in [0.25, 0.3) is 5.92 Å². The predicted octanol–water partition coefficient (Wildman–Crippen LogP) is 3.05. The molecule has 1 heterocycles. The Morgan fingerprint density at radius 1 is 1.38 bits per heavy atom. The molecule has 0 spiro atoms. The predicted molar refractivity (Wildman–Crippen MR) is 53.0 cm³/mol. The Bertz CT molecular complexity index is 451. The van der Waals surface area contributed by atoms with Crippen molar-refractivity contribution in [2.24, 2.45) is 0 Å². The molecule has 1 saturated heterocycles. The lowest BCUT2D eigenvalue weighted by molar-refractivity contribution is 0.0210. The van der Waals surface area contributed by atoms with Gasteiger partial charge in [-0.25, -0.2) is 18.0 Å². The second-order valence-electron chi connectivity index (χ2n) is 3.85. The lowest BCUT2D eigenvalue weighted by Gasteiger charge is -2.11. The minimum Gasteiger partial charge on any atom is -0.304 e. The van der Waals surface area contributed by atoms with Gasteiger partial charge in [0.05, 0.1) is 13.1 Å². The fourth-order valence-electron chi connectivity index (χ4n) is 1.81. The van der Waals surface area contributed by atoms with Gasteiger partial charge < -0.3 is 5.32 Å². The van der Waals surface area contributed by atoms with Crippen molar-refractivity contribution < 1.29 is 13.2 Å². The largest absolute Gasteiger partial charge is 0.304 e. The summed E-state index contributed by atoms with van der Waals surface area (Å²) in [5.41, 5.74) is 0.537. The number of nitrogens with one attached hydrogen (secondary N) is 1. The molecule has 0 radical (unpaired) electrons. The van der Waals surface area contributed by atoms with Gasteiger partial charge in [0, 0.05) is 12.5 Å². The fraction of sp³-hybridized carbons (Fsp3) is 0.364. The molecule has 1 aromatic rings. The van der Waals surface area contributed by atoms with Crippen molar-refractivity contribution in [2.75, 3.05) is 6.54 Å². The van der Waals surface area contributed by atoms with Crippen molar-refractivity contribution in [3.05, 3.63) is 41.0 Å². The van der Waals surface area contributed by atoms with Crippen molar-refractivity contribution >= 4 is 5.69 Å². The summed E-state index contributed by atoms with van der Waals surface area (Å²) in [5.74, 6) is -3.32. The normalized spacial score (nSPS) is 23.0. The quantitative estimate of drug-likeness (QED) is 0.728. The fourth-order valence-corrected chi connectivity index (χ4v) is 1.81. The molecule has 0 bridgehead atoms. The number of benzene rings is 1. The summed E-state index contributed by atoms with van der Waals surface area (Å²) in [7, 11) is 0. The highest BCUT2D eigenvalue weighted by atomic mass is 19.3. The van der Waals surface area contributed by atoms with Gasteiger partial charge in [-0.2, -0.15) is 0 Å². The lowest BCUT2D eigenvalue weighted by atomic mass is 10.0. The molecule has 1 unspecified atom stereocenters. The van der Waals surface area contributed by atoms with Crippen LogP contribution in [0.4, 0.5) is 18.9 Å². The molecule has 1 aromatic carbocycles. The van der Waals surface area contributed by atoms with Crippen molar-refractivity contribution in [2.45, 2.75) is 18.4 Å². The monoisotopic (exact) mass is 226 g/mol. The first-order valence-corrected chi connectivity index (χ1v) is 4.79. The molecule has 0 aliphatic carbocycles. The standard InChI is InChI=1S/C11H9F3N2/c1-15-9-3-7(2-8(12)4-9)10-5-11(13,14)6-16-10/h2-4,10,16H,5-6H2. The number of rotatable bonds is 1. The molecule has 84 valence electrons. The Morgan fingerprint density at radius 2 is 2.12 bits per heavy atom. The first-order chi connectivity index (χ1) is 7.50. The van der Waals surface area contributed by atoms with Gasteiger partial charge in [-0.1, -0.05) is 6.07 Å². The summed E-state index contributed by atoms with van der Waals surface area (Å²) < 4.78 is 39.0. The van der Waals surface area contributed by atoms with Crippen LogP contribution in [0.5, 0.6) is 0 Å². The van der Waals surface area contributed by atoms with Crippen LogP contribution in [0.2, 0.25) is 0 Å². The number of hydrogen-bond donors (Lipinski definition) is 1. The highest BCUT2D eigenvalue weighted by Gasteiger charge is 2.39. The topological polar surface area (TPSA) is 16.4 Å². The Hall–Kier alpha value is -1.54. The van der Waals surface area contributed by atoms with Crippen LogP contribution in [0.25, 0.3) is 4.85 Å². The van der Waals surface area contributed by atoms with E-state index in [1.807, 2.05) is 0 Å². The Balaban J connectivity index is 2.29. The summed E-state index contributed by atoms with van der Waals surface area (Å²) in [6.45, 7) is 6.37. The van der Waals surface area contributed by atoms with Crippen molar-refractivity contribution in [1.29, 1.82) is 0 Å². The van der Waals surface area contributed by atoms with Gasteiger partial charge in [-0.05, 0) is 17.7 Å². The summed E-state index contributed by atoms with van der Waals surface area (Å²) in [4.78, 5) is 3.09. The van der Waals surface area contributed by atoms with E-state index in [1.165, 1.54) is 12.1 Å². The lowest BCUT2D eigenvalue weighted by Crippen LogP contribution is -2.19. The van der Waals surface area contributed by atoms with Gasteiger partial charge in [0.2, 0.25) is 0 Å². The van der Waals surface area contributed by atoms with E-state index in [2.05, 4.69) is 10.2 Å². The van der Waals surface area contributed by atoms with E-state index in [4.69, 9.17) is 6.57 Å². The van der Waals surface area contributed by atoms with Crippen LogP contribution in [0.1, 0.15) is 18.0 Å². The average Bonchev–Trinajstić information content (AvgIpc) is 2.58. The van der Waals surface area contributed by atoms with Crippen molar-refractivity contribution in [1.82, 2.24) is 5.32 Å². The van der Waals surface area contributed by atoms with Crippen LogP contribution in [0, 0.1) is 12.4 Å². The second kappa shape index (κ2) is 3.80. The van der Waals surface area contributed by atoms with E-state index in [9.17, 15) is 13.2 Å². The molecule has 1 N–H and O–H groups in total. The average molecular weight is 226 g/mol. The van der Waals surface area contributed by atoms with Gasteiger partial charge in [0.1, 0.15) is 5.82 Å². The third-order valence-corrected chi connectivity index (χ3v) is 2.55. The zero-order valence-corrected chi connectivity index (χ0v) is 8.30. The molecule has 1 aliphatic heterocycles. The highest BCUT2D eigenvalue weighted by Crippen LogP contribution is 2.35. The third kappa shape index (κ3) is 2.17. The molecule has 1 atom stereocenters. The van der Waals surface area contributed by atoms with E-state index >= 15 is 0 Å². The molecule has 0 aromatic heterocycles. The maximum absolute atomic E-state index is 13.1. The number of halogens is 3. The zero-order chi connectivity index (χ0) is 11.8. The summed E-state index contributed by atoms with van der Waals surface area (Å²) in [5, 5.41) is 2.62. The Morgan fingerprint density at radius 3 is 2.69 bits per heavy atom. The summed E-state index contributed by atoms with van der Waals surface area (Å²) in [6, 6.07) is 3.14. The van der Waals surface area contributed by atoms with Crippen LogP contribution < -0.4 is 5.32 Å². The molecule has 16 heavy (non-hydrogen) atoms. The van der Waals surface area contributed by atoms with Gasteiger partial charge in [0.15, 0.2) is 5.69 Å². The van der Waals surface area contributed by atoms with Crippen molar-refractivity contribution in [3.63, 3.8) is 0 Å². The minimum absolute atomic E-state index is 0.131. The first kappa shape index (κ1) is 11.0. The zero-order valence-electron chi connectivity index (χ0n) is 8.30. The van der Waals surface area contributed by atoms with Crippen LogP contribution in [0.3, 0.4) is 0 Å². The molecule has 0 amide bonds. The van der Waals surface area contributed by atoms with E-state index in [0.717, 1.165) is 6.07 Å². The van der Waals surface area contributed by atoms with E-state index in [-0.39, 0.29) is 12.1 Å². The second-order valence-corrected chi connectivity index (χ2v) is 3.85. The first-order valence-electron chi connectivity index (χ1n) is 4.79.